The Hall–Kier alpha value is -0.610. The smallest absolute Gasteiger partial charge is 0.251 e. The molecule has 1 amide bonds. The van der Waals surface area contributed by atoms with E-state index in [2.05, 4.69) is 5.32 Å². The number of carbonyl (C=O) groups is 1. The summed E-state index contributed by atoms with van der Waals surface area (Å²) in [5.41, 5.74) is 0. The second kappa shape index (κ2) is 5.98. The largest absolute Gasteiger partial charge is 0.368 e. The maximum absolute atomic E-state index is 11.7. The van der Waals surface area contributed by atoms with Crippen LogP contribution in [0.1, 0.15) is 19.3 Å². The molecule has 0 radical (unpaired) electrons. The van der Waals surface area contributed by atoms with Crippen LogP contribution >= 0.6 is 0 Å². The minimum Gasteiger partial charge on any atom is -0.368 e. The molecule has 1 N–H and O–H groups in total. The second-order valence-electron chi connectivity index (χ2n) is 3.72. The highest BCUT2D eigenvalue weighted by molar-refractivity contribution is 5.80. The molecule has 82 valence electrons. The molecule has 1 aliphatic heterocycles. The standard InChI is InChI=1S/C10H20N2O2/c1-11-6-4-7-12(2)10(13)9-5-3-8-14-9/h9,11H,3-8H2,1-2H3. The van der Waals surface area contributed by atoms with Crippen LogP contribution in [-0.2, 0) is 9.53 Å². The Morgan fingerprint density at radius 1 is 1.64 bits per heavy atom. The van der Waals surface area contributed by atoms with E-state index in [1.807, 2.05) is 14.1 Å². The van der Waals surface area contributed by atoms with E-state index in [1.165, 1.54) is 0 Å². The highest BCUT2D eigenvalue weighted by atomic mass is 16.5. The maximum Gasteiger partial charge on any atom is 0.251 e. The van der Waals surface area contributed by atoms with Crippen LogP contribution in [-0.4, -0.2) is 50.7 Å². The molecule has 0 spiro atoms. The molecule has 0 aromatic carbocycles. The van der Waals surface area contributed by atoms with Crippen molar-refractivity contribution in [1.29, 1.82) is 0 Å². The molecule has 0 bridgehead atoms. The lowest BCUT2D eigenvalue weighted by Crippen LogP contribution is -2.37. The van der Waals surface area contributed by atoms with Crippen molar-refractivity contribution in [2.75, 3.05) is 33.8 Å². The molecule has 1 aliphatic rings. The summed E-state index contributed by atoms with van der Waals surface area (Å²) in [6.45, 7) is 2.49. The van der Waals surface area contributed by atoms with Crippen molar-refractivity contribution >= 4 is 5.91 Å². The number of hydrogen-bond acceptors (Lipinski definition) is 3. The summed E-state index contributed by atoms with van der Waals surface area (Å²) in [7, 11) is 3.77. The first kappa shape index (κ1) is 11.5. The summed E-state index contributed by atoms with van der Waals surface area (Å²) < 4.78 is 5.34. The predicted octanol–water partition coefficient (Wildman–Crippen LogP) is 0.233. The molecule has 1 saturated heterocycles. The number of amides is 1. The predicted molar refractivity (Wildman–Crippen MR) is 55.2 cm³/mol. The van der Waals surface area contributed by atoms with Crippen LogP contribution in [0.3, 0.4) is 0 Å². The average Bonchev–Trinajstić information content (AvgIpc) is 2.69. The molecular weight excluding hydrogens is 180 g/mol. The van der Waals surface area contributed by atoms with Crippen molar-refractivity contribution in [1.82, 2.24) is 10.2 Å². The van der Waals surface area contributed by atoms with Gasteiger partial charge in [-0.15, -0.1) is 0 Å². The zero-order valence-corrected chi connectivity index (χ0v) is 9.08. The van der Waals surface area contributed by atoms with Gasteiger partial charge < -0.3 is 15.0 Å². The number of nitrogens with one attached hydrogen (secondary N) is 1. The first-order valence-electron chi connectivity index (χ1n) is 5.27. The Morgan fingerprint density at radius 3 is 3.00 bits per heavy atom. The van der Waals surface area contributed by atoms with Crippen molar-refractivity contribution < 1.29 is 9.53 Å². The van der Waals surface area contributed by atoms with Crippen LogP contribution < -0.4 is 5.32 Å². The van der Waals surface area contributed by atoms with E-state index < -0.39 is 0 Å². The van der Waals surface area contributed by atoms with Crippen LogP contribution in [0.2, 0.25) is 0 Å². The first-order valence-corrected chi connectivity index (χ1v) is 5.27. The van der Waals surface area contributed by atoms with Gasteiger partial charge >= 0.3 is 0 Å². The molecule has 0 saturated carbocycles. The van der Waals surface area contributed by atoms with E-state index in [0.29, 0.717) is 0 Å². The average molecular weight is 200 g/mol. The zero-order valence-electron chi connectivity index (χ0n) is 9.08. The van der Waals surface area contributed by atoms with Gasteiger partial charge in [-0.3, -0.25) is 4.79 Å². The van der Waals surface area contributed by atoms with Crippen LogP contribution in [0, 0.1) is 0 Å². The molecule has 14 heavy (non-hydrogen) atoms. The quantitative estimate of drug-likeness (QED) is 0.646. The lowest BCUT2D eigenvalue weighted by Gasteiger charge is -2.20. The van der Waals surface area contributed by atoms with Gasteiger partial charge in [0, 0.05) is 20.2 Å². The monoisotopic (exact) mass is 200 g/mol. The van der Waals surface area contributed by atoms with Crippen molar-refractivity contribution in [3.63, 3.8) is 0 Å². The molecular formula is C10H20N2O2. The maximum atomic E-state index is 11.7. The van der Waals surface area contributed by atoms with E-state index >= 15 is 0 Å². The summed E-state index contributed by atoms with van der Waals surface area (Å²) in [5.74, 6) is 0.138. The summed E-state index contributed by atoms with van der Waals surface area (Å²) in [4.78, 5) is 13.5. The minimum atomic E-state index is -0.172. The van der Waals surface area contributed by atoms with Gasteiger partial charge in [-0.25, -0.2) is 0 Å². The van der Waals surface area contributed by atoms with Gasteiger partial charge in [-0.1, -0.05) is 0 Å². The van der Waals surface area contributed by atoms with Gasteiger partial charge in [-0.2, -0.15) is 0 Å². The van der Waals surface area contributed by atoms with Crippen LogP contribution in [0.4, 0.5) is 0 Å². The van der Waals surface area contributed by atoms with Gasteiger partial charge in [0.25, 0.3) is 5.91 Å². The second-order valence-corrected chi connectivity index (χ2v) is 3.72. The Kier molecular flexibility index (Phi) is 4.90. The SMILES string of the molecule is CNCCCN(C)C(=O)C1CCCO1. The third kappa shape index (κ3) is 3.27. The van der Waals surface area contributed by atoms with Crippen molar-refractivity contribution in [3.8, 4) is 0 Å². The topological polar surface area (TPSA) is 41.6 Å². The molecule has 4 heteroatoms. The van der Waals surface area contributed by atoms with Crippen molar-refractivity contribution in [3.05, 3.63) is 0 Å². The van der Waals surface area contributed by atoms with Gasteiger partial charge in [0.15, 0.2) is 0 Å². The molecule has 4 nitrogen and oxygen atoms in total. The summed E-state index contributed by atoms with van der Waals surface area (Å²) >= 11 is 0. The fraction of sp³-hybridized carbons (Fsp3) is 0.900. The molecule has 1 fully saturated rings. The van der Waals surface area contributed by atoms with Crippen LogP contribution in [0.5, 0.6) is 0 Å². The first-order chi connectivity index (χ1) is 6.75. The summed E-state index contributed by atoms with van der Waals surface area (Å²) in [5, 5.41) is 3.06. The highest BCUT2D eigenvalue weighted by Gasteiger charge is 2.25. The Labute approximate surface area is 85.6 Å². The van der Waals surface area contributed by atoms with Gasteiger partial charge in [0.05, 0.1) is 0 Å². The lowest BCUT2D eigenvalue weighted by molar-refractivity contribution is -0.139. The number of nitrogens with zero attached hydrogens (tertiary/aromatic N) is 1. The van der Waals surface area contributed by atoms with E-state index in [1.54, 1.807) is 4.90 Å². The Morgan fingerprint density at radius 2 is 2.43 bits per heavy atom. The van der Waals surface area contributed by atoms with Crippen LogP contribution in [0.25, 0.3) is 0 Å². The van der Waals surface area contributed by atoms with Crippen molar-refractivity contribution in [2.45, 2.75) is 25.4 Å². The number of hydrogen-bond donors (Lipinski definition) is 1. The molecule has 1 heterocycles. The van der Waals surface area contributed by atoms with E-state index in [-0.39, 0.29) is 12.0 Å². The minimum absolute atomic E-state index is 0.138. The summed E-state index contributed by atoms with van der Waals surface area (Å²) in [6.07, 6.45) is 2.72. The molecule has 1 atom stereocenters. The third-order valence-corrected chi connectivity index (χ3v) is 2.50. The third-order valence-electron chi connectivity index (χ3n) is 2.50. The van der Waals surface area contributed by atoms with Crippen LogP contribution in [0.15, 0.2) is 0 Å². The lowest BCUT2D eigenvalue weighted by atomic mass is 10.2. The number of likely N-dealkylation sites (N-methyl/N-ethyl adjacent to an activating group) is 1. The Bertz CT molecular complexity index is 179. The normalized spacial score (nSPS) is 21.1. The van der Waals surface area contributed by atoms with Gasteiger partial charge in [0.1, 0.15) is 6.10 Å². The molecule has 0 aromatic heterocycles. The number of rotatable bonds is 5. The van der Waals surface area contributed by atoms with Gasteiger partial charge in [-0.05, 0) is 32.9 Å². The van der Waals surface area contributed by atoms with E-state index in [4.69, 9.17) is 4.74 Å². The fourth-order valence-corrected chi connectivity index (χ4v) is 1.62. The summed E-state index contributed by atoms with van der Waals surface area (Å²) in [6, 6.07) is 0. The highest BCUT2D eigenvalue weighted by Crippen LogP contribution is 2.13. The van der Waals surface area contributed by atoms with E-state index in [0.717, 1.165) is 39.0 Å². The van der Waals surface area contributed by atoms with E-state index in [9.17, 15) is 4.79 Å². The van der Waals surface area contributed by atoms with Crippen molar-refractivity contribution in [2.24, 2.45) is 0 Å². The van der Waals surface area contributed by atoms with Gasteiger partial charge in [0.2, 0.25) is 0 Å². The molecule has 1 rings (SSSR count). The number of ether oxygens (including phenoxy) is 1. The Balaban J connectivity index is 2.21. The zero-order chi connectivity index (χ0) is 10.4. The number of carbonyl (C=O) groups excluding carboxylic acids is 1. The fourth-order valence-electron chi connectivity index (χ4n) is 1.62. The molecule has 1 unspecified atom stereocenters. The molecule has 0 aliphatic carbocycles. The molecule has 0 aromatic rings.